The van der Waals surface area contributed by atoms with E-state index in [1.54, 1.807) is 13.8 Å². The molecule has 17 heavy (non-hydrogen) atoms. The van der Waals surface area contributed by atoms with Gasteiger partial charge in [-0.05, 0) is 13.8 Å². The average molecular weight is 234 g/mol. The normalized spacial score (nSPS) is 33.5. The highest BCUT2D eigenvalue weighted by molar-refractivity contribution is 6.06. The van der Waals surface area contributed by atoms with Crippen LogP contribution in [-0.2, 0) is 14.3 Å². The van der Waals surface area contributed by atoms with Crippen LogP contribution < -0.4 is 0 Å². The number of hydrogen-bond donors (Lipinski definition) is 0. The highest BCUT2D eigenvalue weighted by Crippen LogP contribution is 2.51. The van der Waals surface area contributed by atoms with E-state index < -0.39 is 10.8 Å². The molecule has 0 radical (unpaired) electrons. The van der Waals surface area contributed by atoms with Gasteiger partial charge in [-0.25, -0.2) is 4.79 Å². The van der Waals surface area contributed by atoms with E-state index in [2.05, 4.69) is 0 Å². The summed E-state index contributed by atoms with van der Waals surface area (Å²) in [6, 6.07) is 0. The molecule has 0 aromatic carbocycles. The number of rotatable bonds is 2. The molecule has 92 valence electrons. The van der Waals surface area contributed by atoms with Crippen molar-refractivity contribution in [3.8, 4) is 0 Å². The van der Waals surface area contributed by atoms with E-state index >= 15 is 0 Å². The molecule has 0 unspecified atom stereocenters. The maximum atomic E-state index is 12.4. The van der Waals surface area contributed by atoms with Gasteiger partial charge in [0.2, 0.25) is 0 Å². The second-order valence-electron chi connectivity index (χ2n) is 5.44. The first-order chi connectivity index (χ1) is 7.84. The Morgan fingerprint density at radius 3 is 2.65 bits per heavy atom. The van der Waals surface area contributed by atoms with Crippen molar-refractivity contribution in [1.82, 2.24) is 0 Å². The van der Waals surface area contributed by atoms with Gasteiger partial charge in [0.15, 0.2) is 5.78 Å². The third kappa shape index (κ3) is 1.48. The molecule has 0 amide bonds. The van der Waals surface area contributed by atoms with Crippen LogP contribution in [-0.4, -0.2) is 18.4 Å². The molecule has 0 fully saturated rings. The SMILES string of the molecule is CCOC(=O)C1=C[C@H]2C=C[C@]1(C)C(=O)C2(C)C. The van der Waals surface area contributed by atoms with Crippen LogP contribution in [0.15, 0.2) is 23.8 Å². The van der Waals surface area contributed by atoms with Crippen LogP contribution in [0.2, 0.25) is 0 Å². The number of carbonyl (C=O) groups excluding carboxylic acids is 2. The van der Waals surface area contributed by atoms with Gasteiger partial charge in [-0.3, -0.25) is 4.79 Å². The topological polar surface area (TPSA) is 43.4 Å². The molecule has 0 N–H and O–H groups in total. The number of esters is 1. The molecule has 0 aromatic rings. The molecular weight excluding hydrogens is 216 g/mol. The Hall–Kier alpha value is -1.38. The predicted molar refractivity (Wildman–Crippen MR) is 64.2 cm³/mol. The van der Waals surface area contributed by atoms with Gasteiger partial charge in [-0.15, -0.1) is 0 Å². The lowest BCUT2D eigenvalue weighted by molar-refractivity contribution is -0.145. The number of hydrogen-bond acceptors (Lipinski definition) is 3. The second-order valence-corrected chi connectivity index (χ2v) is 5.44. The Bertz CT molecular complexity index is 442. The third-order valence-corrected chi connectivity index (χ3v) is 3.93. The van der Waals surface area contributed by atoms with Gasteiger partial charge in [-0.1, -0.05) is 32.1 Å². The molecule has 3 rings (SSSR count). The summed E-state index contributed by atoms with van der Waals surface area (Å²) < 4.78 is 5.02. The lowest BCUT2D eigenvalue weighted by Crippen LogP contribution is -2.50. The van der Waals surface area contributed by atoms with Gasteiger partial charge in [0.25, 0.3) is 0 Å². The van der Waals surface area contributed by atoms with Gasteiger partial charge in [0.1, 0.15) is 0 Å². The molecule has 0 saturated heterocycles. The third-order valence-electron chi connectivity index (χ3n) is 3.93. The lowest BCUT2D eigenvalue weighted by Gasteiger charge is -2.46. The maximum Gasteiger partial charge on any atom is 0.335 e. The summed E-state index contributed by atoms with van der Waals surface area (Å²) in [6.45, 7) is 7.76. The van der Waals surface area contributed by atoms with Crippen molar-refractivity contribution in [3.05, 3.63) is 23.8 Å². The molecule has 0 saturated carbocycles. The Kier molecular flexibility index (Phi) is 2.53. The van der Waals surface area contributed by atoms with Crippen molar-refractivity contribution >= 4 is 11.8 Å². The minimum absolute atomic E-state index is 0.00349. The maximum absolute atomic E-state index is 12.4. The van der Waals surface area contributed by atoms with Crippen molar-refractivity contribution in [3.63, 3.8) is 0 Å². The zero-order chi connectivity index (χ0) is 12.8. The molecule has 0 spiro atoms. The summed E-state index contributed by atoms with van der Waals surface area (Å²) in [7, 11) is 0. The number of Topliss-reactive ketones (excluding diaryl/α,β-unsaturated/α-hetero) is 1. The highest BCUT2D eigenvalue weighted by atomic mass is 16.5. The number of ether oxygens (including phenoxy) is 1. The quantitative estimate of drug-likeness (QED) is 0.544. The zero-order valence-electron chi connectivity index (χ0n) is 10.7. The Morgan fingerprint density at radius 2 is 2.06 bits per heavy atom. The fourth-order valence-corrected chi connectivity index (χ4v) is 2.75. The summed E-state index contributed by atoms with van der Waals surface area (Å²) in [5.74, 6) is -0.271. The molecule has 2 bridgehead atoms. The zero-order valence-corrected chi connectivity index (χ0v) is 10.7. The summed E-state index contributed by atoms with van der Waals surface area (Å²) in [4.78, 5) is 24.3. The lowest BCUT2D eigenvalue weighted by atomic mass is 9.55. The molecule has 2 atom stereocenters. The summed E-state index contributed by atoms with van der Waals surface area (Å²) in [5.41, 5.74) is -0.750. The van der Waals surface area contributed by atoms with Crippen molar-refractivity contribution in [1.29, 1.82) is 0 Å². The van der Waals surface area contributed by atoms with E-state index in [9.17, 15) is 9.59 Å². The van der Waals surface area contributed by atoms with E-state index in [0.29, 0.717) is 12.2 Å². The molecular formula is C14H18O3. The second kappa shape index (κ2) is 3.56. The summed E-state index contributed by atoms with van der Waals surface area (Å²) >= 11 is 0. The largest absolute Gasteiger partial charge is 0.463 e. The van der Waals surface area contributed by atoms with Gasteiger partial charge in [0, 0.05) is 11.3 Å². The predicted octanol–water partition coefficient (Wildman–Crippen LogP) is 2.28. The average Bonchev–Trinajstić information content (AvgIpc) is 2.26. The minimum atomic E-state index is -0.815. The monoisotopic (exact) mass is 234 g/mol. The van der Waals surface area contributed by atoms with Gasteiger partial charge >= 0.3 is 5.97 Å². The van der Waals surface area contributed by atoms with Gasteiger partial charge in [-0.2, -0.15) is 0 Å². The summed E-state index contributed by atoms with van der Waals surface area (Å²) in [6.07, 6.45) is 5.75. The smallest absolute Gasteiger partial charge is 0.335 e. The molecule has 0 aromatic heterocycles. The number of ketones is 1. The molecule has 3 nitrogen and oxygen atoms in total. The van der Waals surface area contributed by atoms with Crippen LogP contribution >= 0.6 is 0 Å². The Labute approximate surface area is 102 Å². The standard InChI is InChI=1S/C14H18O3/c1-5-17-11(15)10-8-9-6-7-14(10,4)12(16)13(9,2)3/h6-9H,5H2,1-4H3/t9-,14+/m1/s1. The van der Waals surface area contributed by atoms with Gasteiger partial charge in [0.05, 0.1) is 17.6 Å². The molecule has 3 heteroatoms. The van der Waals surface area contributed by atoms with Crippen molar-refractivity contribution in [2.75, 3.05) is 6.61 Å². The van der Waals surface area contributed by atoms with E-state index in [1.807, 2.05) is 32.1 Å². The van der Waals surface area contributed by atoms with Crippen LogP contribution in [0.4, 0.5) is 0 Å². The first-order valence-corrected chi connectivity index (χ1v) is 5.97. The number of carbonyl (C=O) groups is 2. The van der Waals surface area contributed by atoms with E-state index in [0.717, 1.165) is 0 Å². The molecule has 0 heterocycles. The van der Waals surface area contributed by atoms with Crippen molar-refractivity contribution < 1.29 is 14.3 Å². The first kappa shape index (κ1) is 12.1. The fraction of sp³-hybridized carbons (Fsp3) is 0.571. The Balaban J connectivity index is 2.47. The Morgan fingerprint density at radius 1 is 1.41 bits per heavy atom. The minimum Gasteiger partial charge on any atom is -0.463 e. The van der Waals surface area contributed by atoms with Crippen LogP contribution in [0.1, 0.15) is 27.7 Å². The van der Waals surface area contributed by atoms with Crippen molar-refractivity contribution in [2.45, 2.75) is 27.7 Å². The highest BCUT2D eigenvalue weighted by Gasteiger charge is 2.54. The first-order valence-electron chi connectivity index (χ1n) is 5.97. The number of allylic oxidation sites excluding steroid dienone is 3. The summed E-state index contributed by atoms with van der Waals surface area (Å²) in [5, 5.41) is 0. The fourth-order valence-electron chi connectivity index (χ4n) is 2.75. The van der Waals surface area contributed by atoms with Crippen LogP contribution in [0.3, 0.4) is 0 Å². The van der Waals surface area contributed by atoms with Gasteiger partial charge < -0.3 is 4.74 Å². The van der Waals surface area contributed by atoms with Crippen LogP contribution in [0.5, 0.6) is 0 Å². The van der Waals surface area contributed by atoms with E-state index in [1.165, 1.54) is 0 Å². The van der Waals surface area contributed by atoms with Crippen LogP contribution in [0.25, 0.3) is 0 Å². The van der Waals surface area contributed by atoms with Crippen LogP contribution in [0, 0.1) is 16.7 Å². The van der Waals surface area contributed by atoms with E-state index in [-0.39, 0.29) is 17.7 Å². The number of fused-ring (bicyclic) bond motifs is 1. The van der Waals surface area contributed by atoms with Crippen molar-refractivity contribution in [2.24, 2.45) is 16.7 Å². The van der Waals surface area contributed by atoms with E-state index in [4.69, 9.17) is 4.74 Å². The molecule has 0 aliphatic heterocycles. The molecule has 3 aliphatic rings. The molecule has 3 aliphatic carbocycles.